The first-order valence-electron chi connectivity index (χ1n) is 8.82. The van der Waals surface area contributed by atoms with Crippen LogP contribution >= 0.6 is 22.9 Å². The third kappa shape index (κ3) is 6.14. The largest absolute Gasteiger partial charge is 0.481 e. The standard InChI is InChI=1S/C20H17ClF3NO5S/c1-9-10(2)31-15(17(9)18(29)11-3-5-12(21)6-4-11)8-14(26)13(7-16(27)28)25-19(30)20(22,23)24/h3-6,13H,7-8H2,1-2H3,(H,25,30)(H,27,28)/t13-/m0/s1. The van der Waals surface area contributed by atoms with Crippen molar-refractivity contribution < 1.29 is 37.5 Å². The number of thiophene rings is 1. The van der Waals surface area contributed by atoms with Gasteiger partial charge in [-0.05, 0) is 43.7 Å². The fourth-order valence-electron chi connectivity index (χ4n) is 2.81. The maximum Gasteiger partial charge on any atom is 0.471 e. The van der Waals surface area contributed by atoms with Crippen molar-refractivity contribution in [3.05, 3.63) is 55.7 Å². The Hall–Kier alpha value is -2.72. The molecule has 1 aromatic heterocycles. The van der Waals surface area contributed by atoms with E-state index in [4.69, 9.17) is 16.7 Å². The molecule has 0 bridgehead atoms. The number of aliphatic carboxylic acids is 1. The van der Waals surface area contributed by atoms with Gasteiger partial charge in [0.05, 0.1) is 12.5 Å². The number of carbonyl (C=O) groups excluding carboxylic acids is 3. The smallest absolute Gasteiger partial charge is 0.471 e. The minimum absolute atomic E-state index is 0.217. The molecule has 0 saturated carbocycles. The van der Waals surface area contributed by atoms with E-state index in [1.165, 1.54) is 29.6 Å². The molecule has 0 fully saturated rings. The lowest BCUT2D eigenvalue weighted by atomic mass is 9.96. The van der Waals surface area contributed by atoms with E-state index in [0.29, 0.717) is 21.0 Å². The highest BCUT2D eigenvalue weighted by Crippen LogP contribution is 2.31. The molecule has 31 heavy (non-hydrogen) atoms. The Bertz CT molecular complexity index is 1030. The van der Waals surface area contributed by atoms with E-state index >= 15 is 0 Å². The van der Waals surface area contributed by atoms with Gasteiger partial charge in [-0.3, -0.25) is 19.2 Å². The van der Waals surface area contributed by atoms with Crippen molar-refractivity contribution in [1.29, 1.82) is 0 Å². The SMILES string of the molecule is Cc1sc(CC(=O)[C@H](CC(=O)O)NC(=O)C(F)(F)F)c(C(=O)c2ccc(Cl)cc2)c1C. The maximum absolute atomic E-state index is 13.0. The minimum Gasteiger partial charge on any atom is -0.481 e. The number of Topliss-reactive ketones (excluding diaryl/α,β-unsaturated/α-hetero) is 1. The first-order chi connectivity index (χ1) is 14.3. The van der Waals surface area contributed by atoms with E-state index in [1.54, 1.807) is 13.8 Å². The zero-order valence-corrected chi connectivity index (χ0v) is 17.9. The number of carboxylic acids is 1. The first-order valence-corrected chi connectivity index (χ1v) is 10.0. The summed E-state index contributed by atoms with van der Waals surface area (Å²) in [5.74, 6) is -5.33. The second-order valence-electron chi connectivity index (χ2n) is 6.68. The molecule has 0 saturated heterocycles. The molecule has 1 atom stereocenters. The summed E-state index contributed by atoms with van der Waals surface area (Å²) in [5.41, 5.74) is 1.11. The fraction of sp³-hybridized carbons (Fsp3) is 0.300. The van der Waals surface area contributed by atoms with E-state index in [9.17, 15) is 32.3 Å². The van der Waals surface area contributed by atoms with Crippen LogP contribution in [0.2, 0.25) is 5.02 Å². The number of amides is 1. The van der Waals surface area contributed by atoms with Gasteiger partial charge in [-0.25, -0.2) is 0 Å². The van der Waals surface area contributed by atoms with Gasteiger partial charge < -0.3 is 10.4 Å². The van der Waals surface area contributed by atoms with Crippen LogP contribution in [0.3, 0.4) is 0 Å². The zero-order chi connectivity index (χ0) is 23.5. The molecule has 0 unspecified atom stereocenters. The van der Waals surface area contributed by atoms with E-state index in [-0.39, 0.29) is 10.4 Å². The Kier molecular flexibility index (Phi) is 7.61. The molecule has 11 heteroatoms. The number of aryl methyl sites for hydroxylation is 1. The third-order valence-corrected chi connectivity index (χ3v) is 5.92. The number of hydrogen-bond donors (Lipinski definition) is 2. The number of halogens is 4. The predicted octanol–water partition coefficient (Wildman–Crippen LogP) is 3.88. The molecule has 0 spiro atoms. The normalized spacial score (nSPS) is 12.3. The summed E-state index contributed by atoms with van der Waals surface area (Å²) in [7, 11) is 0. The van der Waals surface area contributed by atoms with Crippen LogP contribution in [0.25, 0.3) is 0 Å². The van der Waals surface area contributed by atoms with Gasteiger partial charge in [0.15, 0.2) is 11.6 Å². The number of benzene rings is 1. The molecule has 2 N–H and O–H groups in total. The molecule has 6 nitrogen and oxygen atoms in total. The number of alkyl halides is 3. The number of ketones is 2. The second-order valence-corrected chi connectivity index (χ2v) is 8.43. The Labute approximate surface area is 184 Å². The van der Waals surface area contributed by atoms with Crippen LogP contribution in [0.5, 0.6) is 0 Å². The molecule has 1 amide bonds. The summed E-state index contributed by atoms with van der Waals surface area (Å²) < 4.78 is 37.7. The highest BCUT2D eigenvalue weighted by molar-refractivity contribution is 7.12. The van der Waals surface area contributed by atoms with Crippen LogP contribution in [-0.2, 0) is 20.8 Å². The minimum atomic E-state index is -5.27. The van der Waals surface area contributed by atoms with Crippen LogP contribution in [0.4, 0.5) is 13.2 Å². The van der Waals surface area contributed by atoms with E-state index < -0.39 is 48.5 Å². The molecule has 0 aliphatic carbocycles. The summed E-state index contributed by atoms with van der Waals surface area (Å²) in [6.45, 7) is 3.38. The van der Waals surface area contributed by atoms with Crippen LogP contribution in [-0.4, -0.2) is 40.8 Å². The maximum atomic E-state index is 13.0. The van der Waals surface area contributed by atoms with Crippen LogP contribution in [0.15, 0.2) is 24.3 Å². The van der Waals surface area contributed by atoms with E-state index in [0.717, 1.165) is 11.3 Å². The molecule has 166 valence electrons. The predicted molar refractivity (Wildman–Crippen MR) is 108 cm³/mol. The Balaban J connectivity index is 2.35. The Morgan fingerprint density at radius 2 is 1.71 bits per heavy atom. The quantitative estimate of drug-likeness (QED) is 0.564. The van der Waals surface area contributed by atoms with Crippen molar-refractivity contribution in [3.63, 3.8) is 0 Å². The van der Waals surface area contributed by atoms with Gasteiger partial charge in [0.1, 0.15) is 0 Å². The van der Waals surface area contributed by atoms with Crippen molar-refractivity contribution in [1.82, 2.24) is 5.32 Å². The van der Waals surface area contributed by atoms with Gasteiger partial charge in [-0.2, -0.15) is 13.2 Å². The van der Waals surface area contributed by atoms with E-state index in [2.05, 4.69) is 0 Å². The summed E-state index contributed by atoms with van der Waals surface area (Å²) in [5, 5.41) is 10.8. The first kappa shape index (κ1) is 24.5. The topological polar surface area (TPSA) is 101 Å². The van der Waals surface area contributed by atoms with Gasteiger partial charge in [0.25, 0.3) is 0 Å². The van der Waals surface area contributed by atoms with Gasteiger partial charge >= 0.3 is 18.1 Å². The molecule has 2 rings (SSSR count). The van der Waals surface area contributed by atoms with Gasteiger partial charge in [-0.15, -0.1) is 11.3 Å². The summed E-state index contributed by atoms with van der Waals surface area (Å²) >= 11 is 6.94. The summed E-state index contributed by atoms with van der Waals surface area (Å²) in [4.78, 5) is 48.8. The lowest BCUT2D eigenvalue weighted by Crippen LogP contribution is -2.48. The Morgan fingerprint density at radius 3 is 2.23 bits per heavy atom. The number of rotatable bonds is 8. The lowest BCUT2D eigenvalue weighted by molar-refractivity contribution is -0.175. The van der Waals surface area contributed by atoms with Crippen LogP contribution in [0, 0.1) is 13.8 Å². The highest BCUT2D eigenvalue weighted by atomic mass is 35.5. The average Bonchev–Trinajstić information content (AvgIpc) is 2.93. The number of hydrogen-bond acceptors (Lipinski definition) is 5. The number of carboxylic acid groups (broad SMARTS) is 1. The van der Waals surface area contributed by atoms with Crippen molar-refractivity contribution in [3.8, 4) is 0 Å². The molecule has 1 heterocycles. The third-order valence-electron chi connectivity index (χ3n) is 4.46. The molecule has 0 aliphatic rings. The monoisotopic (exact) mass is 475 g/mol. The second kappa shape index (κ2) is 9.61. The van der Waals surface area contributed by atoms with E-state index in [1.807, 2.05) is 0 Å². The van der Waals surface area contributed by atoms with Crippen molar-refractivity contribution in [2.75, 3.05) is 0 Å². The number of nitrogens with one attached hydrogen (secondary N) is 1. The highest BCUT2D eigenvalue weighted by Gasteiger charge is 2.41. The van der Waals surface area contributed by atoms with Gasteiger partial charge in [0.2, 0.25) is 0 Å². The molecular weight excluding hydrogens is 459 g/mol. The van der Waals surface area contributed by atoms with Crippen LogP contribution < -0.4 is 5.32 Å². The summed E-state index contributed by atoms with van der Waals surface area (Å²) in [6, 6.07) is 4.14. The molecule has 0 radical (unpaired) electrons. The lowest BCUT2D eigenvalue weighted by Gasteiger charge is -2.17. The van der Waals surface area contributed by atoms with Crippen LogP contribution in [0.1, 0.15) is 37.7 Å². The average molecular weight is 476 g/mol. The molecule has 0 aliphatic heterocycles. The Morgan fingerprint density at radius 1 is 1.13 bits per heavy atom. The summed E-state index contributed by atoms with van der Waals surface area (Å²) in [6.07, 6.45) is -6.81. The van der Waals surface area contributed by atoms with Gasteiger partial charge in [0, 0.05) is 32.3 Å². The van der Waals surface area contributed by atoms with Crippen molar-refractivity contribution >= 4 is 46.4 Å². The van der Waals surface area contributed by atoms with Gasteiger partial charge in [-0.1, -0.05) is 11.6 Å². The van der Waals surface area contributed by atoms with Crippen molar-refractivity contribution in [2.24, 2.45) is 0 Å². The zero-order valence-electron chi connectivity index (χ0n) is 16.3. The molecule has 2 aromatic rings. The molecule has 1 aromatic carbocycles. The fourth-order valence-corrected chi connectivity index (χ4v) is 4.12. The van der Waals surface area contributed by atoms with Crippen molar-refractivity contribution in [2.45, 2.75) is 38.9 Å². The molecular formula is C20H17ClF3NO5S. The number of carbonyl (C=O) groups is 4.